The van der Waals surface area contributed by atoms with Crippen molar-refractivity contribution in [3.8, 4) is 0 Å². The van der Waals surface area contributed by atoms with Gasteiger partial charge >= 0.3 is 5.97 Å². The van der Waals surface area contributed by atoms with Crippen LogP contribution in [0.1, 0.15) is 18.9 Å². The Morgan fingerprint density at radius 3 is 2.35 bits per heavy atom. The monoisotopic (exact) mass is 328 g/mol. The molecule has 0 saturated carbocycles. The van der Waals surface area contributed by atoms with Crippen LogP contribution in [-0.4, -0.2) is 12.6 Å². The van der Waals surface area contributed by atoms with E-state index in [0.717, 1.165) is 15.4 Å². The van der Waals surface area contributed by atoms with E-state index >= 15 is 0 Å². The Hall–Kier alpha value is -2.04. The van der Waals surface area contributed by atoms with Crippen molar-refractivity contribution >= 4 is 17.7 Å². The Bertz CT molecular complexity index is 624. The van der Waals surface area contributed by atoms with Gasteiger partial charge in [-0.15, -0.1) is 0 Å². The summed E-state index contributed by atoms with van der Waals surface area (Å²) in [6, 6.07) is 20.0. The van der Waals surface area contributed by atoms with Crippen LogP contribution in [0.25, 0.3) is 0 Å². The fourth-order valence-electron chi connectivity index (χ4n) is 1.86. The van der Waals surface area contributed by atoms with E-state index in [1.54, 1.807) is 11.8 Å². The molecule has 0 unspecified atom stereocenters. The molecule has 0 bridgehead atoms. The molecule has 0 fully saturated rings. The largest absolute Gasteiger partial charge is 0.434 e. The Morgan fingerprint density at radius 2 is 1.70 bits per heavy atom. The second kappa shape index (κ2) is 9.87. The van der Waals surface area contributed by atoms with Gasteiger partial charge in [0, 0.05) is 23.1 Å². The second-order valence-corrected chi connectivity index (χ2v) is 6.10. The van der Waals surface area contributed by atoms with Gasteiger partial charge < -0.3 is 9.47 Å². The topological polar surface area (TPSA) is 35.5 Å². The first-order valence-electron chi connectivity index (χ1n) is 7.45. The fourth-order valence-corrected chi connectivity index (χ4v) is 2.74. The van der Waals surface area contributed by atoms with E-state index in [-0.39, 0.29) is 5.97 Å². The predicted octanol–water partition coefficient (Wildman–Crippen LogP) is 4.79. The average Bonchev–Trinajstić information content (AvgIpc) is 2.58. The van der Waals surface area contributed by atoms with Crippen LogP contribution in [0.2, 0.25) is 0 Å². The van der Waals surface area contributed by atoms with E-state index in [2.05, 4.69) is 0 Å². The van der Waals surface area contributed by atoms with E-state index in [9.17, 15) is 4.79 Å². The Morgan fingerprint density at radius 1 is 1.04 bits per heavy atom. The molecule has 120 valence electrons. The molecule has 2 aromatic rings. The third-order valence-corrected chi connectivity index (χ3v) is 4.02. The molecule has 0 spiro atoms. The molecule has 0 aliphatic heterocycles. The lowest BCUT2D eigenvalue weighted by atomic mass is 10.2. The van der Waals surface area contributed by atoms with Crippen LogP contribution in [0, 0.1) is 0 Å². The molecule has 0 heterocycles. The minimum atomic E-state index is -0.318. The molecule has 0 saturated heterocycles. The summed E-state index contributed by atoms with van der Waals surface area (Å²) in [5, 5.41) is 0. The fraction of sp³-hybridized carbons (Fsp3) is 0.211. The number of carbonyl (C=O) groups is 1. The molecule has 0 radical (unpaired) electrons. The van der Waals surface area contributed by atoms with Gasteiger partial charge in [-0.05, 0) is 17.7 Å². The van der Waals surface area contributed by atoms with Gasteiger partial charge in [-0.3, -0.25) is 4.79 Å². The maximum absolute atomic E-state index is 11.0. The number of rotatable bonds is 8. The quantitative estimate of drug-likeness (QED) is 0.302. The van der Waals surface area contributed by atoms with Crippen molar-refractivity contribution in [3.63, 3.8) is 0 Å². The highest BCUT2D eigenvalue weighted by atomic mass is 32.2. The van der Waals surface area contributed by atoms with Crippen molar-refractivity contribution in [1.29, 1.82) is 0 Å². The van der Waals surface area contributed by atoms with Crippen molar-refractivity contribution in [2.75, 3.05) is 6.61 Å². The van der Waals surface area contributed by atoms with Gasteiger partial charge in [0.15, 0.2) is 0 Å². The second-order valence-electron chi connectivity index (χ2n) is 4.90. The lowest BCUT2D eigenvalue weighted by Gasteiger charge is -2.08. The highest BCUT2D eigenvalue weighted by Gasteiger charge is 2.03. The molecule has 2 aromatic carbocycles. The molecule has 0 atom stereocenters. The van der Waals surface area contributed by atoms with Gasteiger partial charge in [0.2, 0.25) is 0 Å². The molecule has 0 N–H and O–H groups in total. The van der Waals surface area contributed by atoms with Gasteiger partial charge in [-0.25, -0.2) is 0 Å². The van der Waals surface area contributed by atoms with Crippen LogP contribution in [0.3, 0.4) is 0 Å². The summed E-state index contributed by atoms with van der Waals surface area (Å²) in [4.78, 5) is 13.1. The normalized spacial score (nSPS) is 11.3. The molecule has 0 aromatic heterocycles. The molecule has 4 heteroatoms. The Balaban J connectivity index is 1.84. The maximum Gasteiger partial charge on any atom is 0.307 e. The highest BCUT2D eigenvalue weighted by molar-refractivity contribution is 8.03. The zero-order valence-electron chi connectivity index (χ0n) is 13.1. The highest BCUT2D eigenvalue weighted by Crippen LogP contribution is 2.28. The SMILES string of the molecule is CC(=O)OC=C(CCOCc1ccccc1)Sc1ccccc1. The van der Waals surface area contributed by atoms with E-state index in [0.29, 0.717) is 19.6 Å². The molecule has 23 heavy (non-hydrogen) atoms. The standard InChI is InChI=1S/C19H20O3S/c1-16(20)22-15-19(23-18-10-6-3-7-11-18)12-13-21-14-17-8-4-2-5-9-17/h2-11,15H,12-14H2,1H3. The van der Waals surface area contributed by atoms with Crippen molar-refractivity contribution in [3.05, 3.63) is 77.4 Å². The number of carbonyl (C=O) groups excluding carboxylic acids is 1. The Kier molecular flexibility index (Phi) is 7.43. The maximum atomic E-state index is 11.0. The first-order valence-corrected chi connectivity index (χ1v) is 8.26. The first kappa shape index (κ1) is 17.3. The minimum Gasteiger partial charge on any atom is -0.434 e. The lowest BCUT2D eigenvalue weighted by molar-refractivity contribution is -0.135. The lowest BCUT2D eigenvalue weighted by Crippen LogP contribution is -1.98. The summed E-state index contributed by atoms with van der Waals surface area (Å²) in [6.07, 6.45) is 2.21. The third-order valence-electron chi connectivity index (χ3n) is 2.95. The summed E-state index contributed by atoms with van der Waals surface area (Å²) in [5.74, 6) is -0.318. The van der Waals surface area contributed by atoms with Crippen molar-refractivity contribution in [2.45, 2.75) is 24.8 Å². The molecule has 2 rings (SSSR count). The van der Waals surface area contributed by atoms with Gasteiger partial charge in [0.25, 0.3) is 0 Å². The van der Waals surface area contributed by atoms with Gasteiger partial charge in [0.05, 0.1) is 13.2 Å². The van der Waals surface area contributed by atoms with Crippen molar-refractivity contribution in [2.24, 2.45) is 0 Å². The van der Waals surface area contributed by atoms with Gasteiger partial charge in [-0.1, -0.05) is 60.3 Å². The van der Waals surface area contributed by atoms with Crippen LogP contribution in [0.5, 0.6) is 0 Å². The molecule has 3 nitrogen and oxygen atoms in total. The molecule has 0 aliphatic carbocycles. The number of hydrogen-bond acceptors (Lipinski definition) is 4. The average molecular weight is 328 g/mol. The molecule has 0 amide bonds. The van der Waals surface area contributed by atoms with Gasteiger partial charge in [0.1, 0.15) is 6.26 Å². The summed E-state index contributed by atoms with van der Waals surface area (Å²) in [5.41, 5.74) is 1.15. The zero-order chi connectivity index (χ0) is 16.3. The van der Waals surface area contributed by atoms with E-state index in [1.165, 1.54) is 13.2 Å². The summed E-state index contributed by atoms with van der Waals surface area (Å²) in [6.45, 7) is 2.55. The number of thioether (sulfide) groups is 1. The van der Waals surface area contributed by atoms with E-state index in [4.69, 9.17) is 9.47 Å². The predicted molar refractivity (Wildman–Crippen MR) is 92.9 cm³/mol. The van der Waals surface area contributed by atoms with E-state index < -0.39 is 0 Å². The number of benzene rings is 2. The van der Waals surface area contributed by atoms with Crippen LogP contribution in [0.15, 0.2) is 76.7 Å². The minimum absolute atomic E-state index is 0.318. The van der Waals surface area contributed by atoms with E-state index in [1.807, 2.05) is 60.7 Å². The number of esters is 1. The summed E-state index contributed by atoms with van der Waals surface area (Å²) < 4.78 is 10.7. The summed E-state index contributed by atoms with van der Waals surface area (Å²) >= 11 is 1.58. The summed E-state index contributed by atoms with van der Waals surface area (Å²) in [7, 11) is 0. The molecule has 0 aliphatic rings. The molecular weight excluding hydrogens is 308 g/mol. The smallest absolute Gasteiger partial charge is 0.307 e. The van der Waals surface area contributed by atoms with Crippen LogP contribution in [0.4, 0.5) is 0 Å². The molecular formula is C19H20O3S. The number of hydrogen-bond donors (Lipinski definition) is 0. The first-order chi connectivity index (χ1) is 11.2. The van der Waals surface area contributed by atoms with Crippen molar-refractivity contribution in [1.82, 2.24) is 0 Å². The zero-order valence-corrected chi connectivity index (χ0v) is 13.9. The van der Waals surface area contributed by atoms with Crippen LogP contribution < -0.4 is 0 Å². The van der Waals surface area contributed by atoms with Crippen LogP contribution in [-0.2, 0) is 20.9 Å². The van der Waals surface area contributed by atoms with Gasteiger partial charge in [-0.2, -0.15) is 0 Å². The number of ether oxygens (including phenoxy) is 2. The Labute approximate surface area is 141 Å². The van der Waals surface area contributed by atoms with Crippen LogP contribution >= 0.6 is 11.8 Å². The third kappa shape index (κ3) is 7.17. The van der Waals surface area contributed by atoms with Crippen molar-refractivity contribution < 1.29 is 14.3 Å².